The van der Waals surface area contributed by atoms with Crippen molar-refractivity contribution < 1.29 is 23.1 Å². The Morgan fingerprint density at radius 3 is 2.58 bits per heavy atom. The molecule has 0 radical (unpaired) electrons. The smallest absolute Gasteiger partial charge is 0.321 e. The van der Waals surface area contributed by atoms with Crippen LogP contribution < -0.4 is 5.32 Å². The fourth-order valence-electron chi connectivity index (χ4n) is 3.16. The van der Waals surface area contributed by atoms with Crippen LogP contribution in [0.3, 0.4) is 0 Å². The number of carbonyl (C=O) groups is 1. The zero-order valence-electron chi connectivity index (χ0n) is 12.7. The third kappa shape index (κ3) is 3.14. The molecule has 1 unspecified atom stereocenters. The predicted octanol–water partition coefficient (Wildman–Crippen LogP) is 3.38. The van der Waals surface area contributed by atoms with Crippen molar-refractivity contribution in [2.45, 2.75) is 31.3 Å². The lowest BCUT2D eigenvalue weighted by atomic mass is 10.0. The number of carboxylic acid groups (broad SMARTS) is 1. The third-order valence-corrected chi connectivity index (χ3v) is 4.32. The van der Waals surface area contributed by atoms with Gasteiger partial charge >= 0.3 is 5.97 Å². The molecule has 0 amide bonds. The second-order valence-corrected chi connectivity index (χ2v) is 5.90. The van der Waals surface area contributed by atoms with Crippen LogP contribution in [0.2, 0.25) is 0 Å². The molecule has 6 heteroatoms. The van der Waals surface area contributed by atoms with E-state index in [-0.39, 0.29) is 12.0 Å². The van der Waals surface area contributed by atoms with Gasteiger partial charge in [-0.2, -0.15) is 0 Å². The van der Waals surface area contributed by atoms with E-state index in [1.165, 1.54) is 0 Å². The van der Waals surface area contributed by atoms with Crippen molar-refractivity contribution in [2.24, 2.45) is 0 Å². The van der Waals surface area contributed by atoms with Crippen molar-refractivity contribution in [1.29, 1.82) is 0 Å². The number of hydrogen-bond donors (Lipinski definition) is 2. The van der Waals surface area contributed by atoms with Crippen LogP contribution in [-0.4, -0.2) is 17.1 Å². The van der Waals surface area contributed by atoms with Gasteiger partial charge in [-0.05, 0) is 36.5 Å². The molecule has 2 N–H and O–H groups in total. The number of benzene rings is 2. The van der Waals surface area contributed by atoms with Gasteiger partial charge in [-0.1, -0.05) is 30.3 Å². The van der Waals surface area contributed by atoms with E-state index in [4.69, 9.17) is 0 Å². The van der Waals surface area contributed by atoms with Crippen LogP contribution >= 0.6 is 0 Å². The summed E-state index contributed by atoms with van der Waals surface area (Å²) in [6.45, 7) is 0. The number of carboxylic acids is 1. The summed E-state index contributed by atoms with van der Waals surface area (Å²) >= 11 is 0. The van der Waals surface area contributed by atoms with Crippen LogP contribution in [0.5, 0.6) is 0 Å². The minimum absolute atomic E-state index is 0.0354. The first-order chi connectivity index (χ1) is 11.5. The highest BCUT2D eigenvalue weighted by Crippen LogP contribution is 2.35. The maximum absolute atomic E-state index is 14.1. The molecule has 24 heavy (non-hydrogen) atoms. The molecule has 0 spiro atoms. The third-order valence-electron chi connectivity index (χ3n) is 4.32. The minimum Gasteiger partial charge on any atom is -0.480 e. The maximum Gasteiger partial charge on any atom is 0.321 e. The molecular formula is C18H16F3NO2. The Morgan fingerprint density at radius 2 is 1.92 bits per heavy atom. The van der Waals surface area contributed by atoms with Gasteiger partial charge in [0.15, 0.2) is 17.5 Å². The molecule has 0 aliphatic heterocycles. The van der Waals surface area contributed by atoms with E-state index in [1.54, 1.807) is 24.3 Å². The highest BCUT2D eigenvalue weighted by molar-refractivity contribution is 5.74. The summed E-state index contributed by atoms with van der Waals surface area (Å²) in [6.07, 6.45) is 0.986. The Labute approximate surface area is 137 Å². The molecule has 0 saturated heterocycles. The number of hydrogen-bond acceptors (Lipinski definition) is 2. The Kier molecular flexibility index (Phi) is 4.57. The van der Waals surface area contributed by atoms with E-state index in [0.717, 1.165) is 11.6 Å². The molecule has 2 aromatic carbocycles. The van der Waals surface area contributed by atoms with Crippen molar-refractivity contribution in [3.05, 3.63) is 70.5 Å². The van der Waals surface area contributed by atoms with Crippen molar-refractivity contribution in [3.63, 3.8) is 0 Å². The van der Waals surface area contributed by atoms with Crippen LogP contribution in [0.25, 0.3) is 0 Å². The second kappa shape index (κ2) is 6.65. The van der Waals surface area contributed by atoms with Crippen LogP contribution in [0.1, 0.15) is 29.2 Å². The molecule has 2 aromatic rings. The Morgan fingerprint density at radius 1 is 1.21 bits per heavy atom. The van der Waals surface area contributed by atoms with Crippen LogP contribution in [-0.2, 0) is 17.6 Å². The van der Waals surface area contributed by atoms with Gasteiger partial charge in [0.05, 0.1) is 0 Å². The lowest BCUT2D eigenvalue weighted by Crippen LogP contribution is -2.40. The first-order valence-corrected chi connectivity index (χ1v) is 7.66. The highest BCUT2D eigenvalue weighted by Gasteiger charge is 2.32. The summed E-state index contributed by atoms with van der Waals surface area (Å²) in [5.74, 6) is -5.04. The normalized spacial score (nSPS) is 17.5. The van der Waals surface area contributed by atoms with Crippen molar-refractivity contribution >= 4 is 5.97 Å². The first kappa shape index (κ1) is 16.5. The second-order valence-electron chi connectivity index (χ2n) is 5.90. The van der Waals surface area contributed by atoms with E-state index in [0.29, 0.717) is 18.4 Å². The number of aliphatic carboxylic acids is 1. The van der Waals surface area contributed by atoms with E-state index in [2.05, 4.69) is 5.32 Å². The van der Waals surface area contributed by atoms with Gasteiger partial charge < -0.3 is 5.11 Å². The number of nitrogens with one attached hydrogen (secondary N) is 1. The lowest BCUT2D eigenvalue weighted by Gasteiger charge is -2.21. The van der Waals surface area contributed by atoms with Crippen molar-refractivity contribution in [3.8, 4) is 0 Å². The molecule has 1 aliphatic rings. The molecule has 0 heterocycles. The topological polar surface area (TPSA) is 49.3 Å². The van der Waals surface area contributed by atoms with E-state index in [9.17, 15) is 23.1 Å². The Hall–Kier alpha value is -2.34. The Balaban J connectivity index is 1.83. The van der Waals surface area contributed by atoms with Gasteiger partial charge in [-0.25, -0.2) is 13.2 Å². The summed E-state index contributed by atoms with van der Waals surface area (Å²) in [5, 5.41) is 12.3. The number of fused-ring (bicyclic) bond motifs is 1. The molecule has 0 bridgehead atoms. The molecule has 3 nitrogen and oxygen atoms in total. The monoisotopic (exact) mass is 335 g/mol. The quantitative estimate of drug-likeness (QED) is 0.824. The van der Waals surface area contributed by atoms with E-state index < -0.39 is 35.5 Å². The first-order valence-electron chi connectivity index (χ1n) is 7.66. The molecule has 1 aliphatic carbocycles. The van der Waals surface area contributed by atoms with Gasteiger partial charge in [-0.3, -0.25) is 10.1 Å². The predicted molar refractivity (Wildman–Crippen MR) is 82.1 cm³/mol. The van der Waals surface area contributed by atoms with Gasteiger partial charge in [0, 0.05) is 11.6 Å². The van der Waals surface area contributed by atoms with Gasteiger partial charge in [0.2, 0.25) is 0 Å². The zero-order chi connectivity index (χ0) is 17.3. The molecule has 126 valence electrons. The van der Waals surface area contributed by atoms with Gasteiger partial charge in [0.1, 0.15) is 6.04 Å². The standard InChI is InChI=1S/C18H16F3NO2/c19-12-9-11-6-7-13(15(11)17(21)16(12)20)22-14(18(23)24)8-10-4-2-1-3-5-10/h1-5,9,13-14,22H,6-8H2,(H,23,24)/t13?,14-/m1/s1. The van der Waals surface area contributed by atoms with E-state index >= 15 is 0 Å². The number of aryl methyl sites for hydroxylation is 1. The minimum atomic E-state index is -1.52. The summed E-state index contributed by atoms with van der Waals surface area (Å²) in [6, 6.07) is 8.42. The summed E-state index contributed by atoms with van der Waals surface area (Å²) in [4.78, 5) is 11.5. The van der Waals surface area contributed by atoms with Gasteiger partial charge in [0.25, 0.3) is 0 Å². The average Bonchev–Trinajstić information content (AvgIpc) is 2.95. The van der Waals surface area contributed by atoms with E-state index in [1.807, 2.05) is 6.07 Å². The average molecular weight is 335 g/mol. The van der Waals surface area contributed by atoms with Crippen molar-refractivity contribution in [2.75, 3.05) is 0 Å². The molecule has 3 rings (SSSR count). The van der Waals surface area contributed by atoms with Crippen LogP contribution in [0.4, 0.5) is 13.2 Å². The van der Waals surface area contributed by atoms with Crippen LogP contribution in [0.15, 0.2) is 36.4 Å². The maximum atomic E-state index is 14.1. The summed E-state index contributed by atoms with van der Waals surface area (Å²) < 4.78 is 40.9. The molecule has 0 fully saturated rings. The molecule has 0 saturated carbocycles. The molecule has 2 atom stereocenters. The lowest BCUT2D eigenvalue weighted by molar-refractivity contribution is -0.139. The molecular weight excluding hydrogens is 319 g/mol. The largest absolute Gasteiger partial charge is 0.480 e. The highest BCUT2D eigenvalue weighted by atomic mass is 19.2. The Bertz CT molecular complexity index is 765. The molecule has 0 aromatic heterocycles. The summed E-state index contributed by atoms with van der Waals surface area (Å²) in [7, 11) is 0. The summed E-state index contributed by atoms with van der Waals surface area (Å²) in [5.41, 5.74) is 1.24. The fourth-order valence-corrected chi connectivity index (χ4v) is 3.16. The van der Waals surface area contributed by atoms with Gasteiger partial charge in [-0.15, -0.1) is 0 Å². The number of halogens is 3. The SMILES string of the molecule is O=C(O)[C@@H](Cc1ccccc1)NC1CCc2cc(F)c(F)c(F)c21. The fraction of sp³-hybridized carbons (Fsp3) is 0.278. The zero-order valence-corrected chi connectivity index (χ0v) is 12.7. The number of rotatable bonds is 5. The van der Waals surface area contributed by atoms with Crippen molar-refractivity contribution in [1.82, 2.24) is 5.32 Å². The van der Waals surface area contributed by atoms with Crippen LogP contribution in [0, 0.1) is 17.5 Å².